The van der Waals surface area contributed by atoms with Crippen LogP contribution in [0.3, 0.4) is 0 Å². The summed E-state index contributed by atoms with van der Waals surface area (Å²) < 4.78 is 1.83. The van der Waals surface area contributed by atoms with Crippen LogP contribution in [0.5, 0.6) is 0 Å². The van der Waals surface area contributed by atoms with Crippen LogP contribution in [0.2, 0.25) is 0 Å². The molecule has 0 aliphatic rings. The molecule has 5 nitrogen and oxygen atoms in total. The Kier molecular flexibility index (Phi) is 4.31. The van der Waals surface area contributed by atoms with Gasteiger partial charge in [-0.05, 0) is 44.5 Å². The van der Waals surface area contributed by atoms with E-state index in [1.807, 2.05) is 50.0 Å². The largest absolute Gasteiger partial charge is 0.378 e. The predicted molar refractivity (Wildman–Crippen MR) is 85.5 cm³/mol. The molecule has 5 heteroatoms. The van der Waals surface area contributed by atoms with Crippen LogP contribution in [-0.4, -0.2) is 15.7 Å². The number of aryl methyl sites for hydroxylation is 3. The smallest absolute Gasteiger partial charge is 0.221 e. The molecule has 1 unspecified atom stereocenters. The lowest BCUT2D eigenvalue weighted by Crippen LogP contribution is -2.09. The van der Waals surface area contributed by atoms with Crippen LogP contribution in [-0.2, 0) is 11.8 Å². The van der Waals surface area contributed by atoms with E-state index in [0.717, 1.165) is 22.6 Å². The van der Waals surface area contributed by atoms with Crippen molar-refractivity contribution in [3.63, 3.8) is 0 Å². The van der Waals surface area contributed by atoms with Crippen molar-refractivity contribution in [3.05, 3.63) is 41.2 Å². The first-order chi connectivity index (χ1) is 9.86. The van der Waals surface area contributed by atoms with Crippen LogP contribution in [0.25, 0.3) is 0 Å². The van der Waals surface area contributed by atoms with Crippen molar-refractivity contribution in [2.45, 2.75) is 33.7 Å². The summed E-state index contributed by atoms with van der Waals surface area (Å²) in [5, 5.41) is 10.7. The van der Waals surface area contributed by atoms with Gasteiger partial charge in [-0.1, -0.05) is 0 Å². The highest BCUT2D eigenvalue weighted by atomic mass is 16.1. The molecule has 0 bridgehead atoms. The molecule has 0 fully saturated rings. The lowest BCUT2D eigenvalue weighted by atomic mass is 10.1. The Hall–Kier alpha value is -2.30. The highest BCUT2D eigenvalue weighted by Gasteiger charge is 2.12. The predicted octanol–water partition coefficient (Wildman–Crippen LogP) is 3.17. The Bertz CT molecular complexity index is 660. The molecule has 2 aromatic rings. The zero-order valence-corrected chi connectivity index (χ0v) is 13.2. The third-order valence-electron chi connectivity index (χ3n) is 3.44. The number of amides is 1. The quantitative estimate of drug-likeness (QED) is 0.907. The average Bonchev–Trinajstić information content (AvgIpc) is 2.71. The molecule has 1 aromatic heterocycles. The molecule has 0 saturated heterocycles. The monoisotopic (exact) mass is 286 g/mol. The van der Waals surface area contributed by atoms with Gasteiger partial charge in [0.05, 0.1) is 11.7 Å². The number of carbonyl (C=O) groups is 1. The topological polar surface area (TPSA) is 59.0 Å². The minimum atomic E-state index is -0.0573. The molecule has 0 spiro atoms. The Labute approximate surface area is 125 Å². The van der Waals surface area contributed by atoms with Crippen molar-refractivity contribution in [2.75, 3.05) is 10.6 Å². The van der Waals surface area contributed by atoms with Gasteiger partial charge in [-0.3, -0.25) is 9.48 Å². The van der Waals surface area contributed by atoms with E-state index in [4.69, 9.17) is 0 Å². The summed E-state index contributed by atoms with van der Waals surface area (Å²) >= 11 is 0. The van der Waals surface area contributed by atoms with E-state index in [-0.39, 0.29) is 11.9 Å². The van der Waals surface area contributed by atoms with E-state index < -0.39 is 0 Å². The fourth-order valence-electron chi connectivity index (χ4n) is 2.45. The number of nitrogens with one attached hydrogen (secondary N) is 2. The van der Waals surface area contributed by atoms with Gasteiger partial charge in [0.1, 0.15) is 0 Å². The summed E-state index contributed by atoms with van der Waals surface area (Å²) in [7, 11) is 1.93. The van der Waals surface area contributed by atoms with Gasteiger partial charge in [-0.15, -0.1) is 0 Å². The second kappa shape index (κ2) is 5.99. The summed E-state index contributed by atoms with van der Waals surface area (Å²) in [4.78, 5) is 11.1. The molecule has 2 N–H and O–H groups in total. The highest BCUT2D eigenvalue weighted by molar-refractivity contribution is 5.89. The first-order valence-corrected chi connectivity index (χ1v) is 7.01. The number of aromatic nitrogens is 2. The standard InChI is InChI=1S/C16H22N4O/c1-10-8-14(6-7-16(10)18-13(4)21)17-11(2)15-9-20(5)19-12(15)3/h6-9,11,17H,1-5H3,(H,18,21). The van der Waals surface area contributed by atoms with Gasteiger partial charge in [-0.25, -0.2) is 0 Å². The number of hydrogen-bond donors (Lipinski definition) is 2. The van der Waals surface area contributed by atoms with Crippen LogP contribution in [0.4, 0.5) is 11.4 Å². The fraction of sp³-hybridized carbons (Fsp3) is 0.375. The lowest BCUT2D eigenvalue weighted by molar-refractivity contribution is -0.114. The van der Waals surface area contributed by atoms with Crippen LogP contribution in [0.15, 0.2) is 24.4 Å². The van der Waals surface area contributed by atoms with Crippen molar-refractivity contribution in [3.8, 4) is 0 Å². The zero-order valence-electron chi connectivity index (χ0n) is 13.2. The number of rotatable bonds is 4. The van der Waals surface area contributed by atoms with Gasteiger partial charge < -0.3 is 10.6 Å². The number of hydrogen-bond acceptors (Lipinski definition) is 3. The molecule has 0 aliphatic carbocycles. The first kappa shape index (κ1) is 15.1. The molecule has 0 aliphatic heterocycles. The van der Waals surface area contributed by atoms with Crippen molar-refractivity contribution in [1.82, 2.24) is 9.78 Å². The molecular weight excluding hydrogens is 264 g/mol. The second-order valence-electron chi connectivity index (χ2n) is 5.42. The molecule has 1 atom stereocenters. The molecule has 0 saturated carbocycles. The Morgan fingerprint density at radius 3 is 2.57 bits per heavy atom. The van der Waals surface area contributed by atoms with Crippen molar-refractivity contribution in [1.29, 1.82) is 0 Å². The summed E-state index contributed by atoms with van der Waals surface area (Å²) in [6.45, 7) is 7.62. The summed E-state index contributed by atoms with van der Waals surface area (Å²) in [5.41, 5.74) is 5.12. The van der Waals surface area contributed by atoms with Crippen LogP contribution < -0.4 is 10.6 Å². The van der Waals surface area contributed by atoms with Gasteiger partial charge in [0.2, 0.25) is 5.91 Å². The summed E-state index contributed by atoms with van der Waals surface area (Å²) in [6.07, 6.45) is 2.03. The van der Waals surface area contributed by atoms with Gasteiger partial charge in [0.15, 0.2) is 0 Å². The van der Waals surface area contributed by atoms with E-state index in [9.17, 15) is 4.79 Å². The third kappa shape index (κ3) is 3.62. The third-order valence-corrected chi connectivity index (χ3v) is 3.44. The SMILES string of the molecule is CC(=O)Nc1ccc(NC(C)c2cn(C)nc2C)cc1C. The Balaban J connectivity index is 2.14. The van der Waals surface area contributed by atoms with Crippen molar-refractivity contribution >= 4 is 17.3 Å². The van der Waals surface area contributed by atoms with Crippen molar-refractivity contribution < 1.29 is 4.79 Å². The maximum absolute atomic E-state index is 11.1. The number of benzene rings is 1. The zero-order chi connectivity index (χ0) is 15.6. The number of anilines is 2. The van der Waals surface area contributed by atoms with Gasteiger partial charge >= 0.3 is 0 Å². The van der Waals surface area contributed by atoms with Crippen molar-refractivity contribution in [2.24, 2.45) is 7.05 Å². The maximum Gasteiger partial charge on any atom is 0.221 e. The fourth-order valence-corrected chi connectivity index (χ4v) is 2.45. The van der Waals surface area contributed by atoms with E-state index in [1.165, 1.54) is 12.5 Å². The average molecular weight is 286 g/mol. The minimum absolute atomic E-state index is 0.0573. The van der Waals surface area contributed by atoms with Crippen LogP contribution in [0.1, 0.15) is 36.7 Å². The van der Waals surface area contributed by atoms with Crippen LogP contribution in [0, 0.1) is 13.8 Å². The van der Waals surface area contributed by atoms with E-state index in [0.29, 0.717) is 0 Å². The Morgan fingerprint density at radius 2 is 2.05 bits per heavy atom. The molecule has 1 amide bonds. The van der Waals surface area contributed by atoms with E-state index in [1.54, 1.807) is 0 Å². The molecule has 1 heterocycles. The molecule has 21 heavy (non-hydrogen) atoms. The summed E-state index contributed by atoms with van der Waals surface area (Å²) in [5.74, 6) is -0.0573. The molecular formula is C16H22N4O. The molecule has 0 radical (unpaired) electrons. The van der Waals surface area contributed by atoms with Crippen LogP contribution >= 0.6 is 0 Å². The number of carbonyl (C=O) groups excluding carboxylic acids is 1. The maximum atomic E-state index is 11.1. The molecule has 112 valence electrons. The summed E-state index contributed by atoms with van der Waals surface area (Å²) in [6, 6.07) is 6.10. The Morgan fingerprint density at radius 1 is 1.33 bits per heavy atom. The lowest BCUT2D eigenvalue weighted by Gasteiger charge is -2.16. The van der Waals surface area contributed by atoms with E-state index in [2.05, 4.69) is 22.7 Å². The van der Waals surface area contributed by atoms with Gasteiger partial charge in [0, 0.05) is 37.1 Å². The second-order valence-corrected chi connectivity index (χ2v) is 5.42. The highest BCUT2D eigenvalue weighted by Crippen LogP contribution is 2.24. The van der Waals surface area contributed by atoms with E-state index >= 15 is 0 Å². The normalized spacial score (nSPS) is 12.0. The molecule has 2 rings (SSSR count). The minimum Gasteiger partial charge on any atom is -0.378 e. The molecule has 1 aromatic carbocycles. The first-order valence-electron chi connectivity index (χ1n) is 7.01. The number of nitrogens with zero attached hydrogens (tertiary/aromatic N) is 2. The van der Waals surface area contributed by atoms with Gasteiger partial charge in [-0.2, -0.15) is 5.10 Å². The van der Waals surface area contributed by atoms with Gasteiger partial charge in [0.25, 0.3) is 0 Å².